The van der Waals surface area contributed by atoms with Gasteiger partial charge < -0.3 is 4.74 Å². The number of aromatic nitrogens is 2. The molecule has 2 aromatic rings. The van der Waals surface area contributed by atoms with Gasteiger partial charge in [0.2, 0.25) is 5.78 Å². The van der Waals surface area contributed by atoms with Crippen molar-refractivity contribution in [3.8, 4) is 5.75 Å². The van der Waals surface area contributed by atoms with Gasteiger partial charge in [0.15, 0.2) is 11.6 Å². The van der Waals surface area contributed by atoms with Crippen LogP contribution < -0.4 is 4.74 Å². The highest BCUT2D eigenvalue weighted by Crippen LogP contribution is 2.19. The maximum absolute atomic E-state index is 13.4. The van der Waals surface area contributed by atoms with Crippen molar-refractivity contribution in [3.05, 3.63) is 47.5 Å². The smallest absolute Gasteiger partial charge is 0.213 e. The van der Waals surface area contributed by atoms with Gasteiger partial charge in [0.25, 0.3) is 0 Å². The van der Waals surface area contributed by atoms with E-state index in [-0.39, 0.29) is 22.8 Å². The van der Waals surface area contributed by atoms with E-state index < -0.39 is 5.82 Å². The van der Waals surface area contributed by atoms with Crippen molar-refractivity contribution in [2.24, 2.45) is 7.05 Å². The van der Waals surface area contributed by atoms with E-state index in [1.54, 1.807) is 19.3 Å². The van der Waals surface area contributed by atoms with Crippen molar-refractivity contribution in [3.63, 3.8) is 0 Å². The molecule has 0 saturated heterocycles. The molecule has 0 aliphatic heterocycles. The van der Waals surface area contributed by atoms with Crippen LogP contribution in [-0.4, -0.2) is 22.7 Å². The largest absolute Gasteiger partial charge is 0.494 e. The summed E-state index contributed by atoms with van der Waals surface area (Å²) in [6.07, 6.45) is 1.66. The third-order valence-corrected chi connectivity index (χ3v) is 2.36. The fourth-order valence-electron chi connectivity index (χ4n) is 1.49. The predicted molar refractivity (Wildman–Crippen MR) is 59.6 cm³/mol. The molecule has 88 valence electrons. The Morgan fingerprint density at radius 3 is 2.71 bits per heavy atom. The van der Waals surface area contributed by atoms with Crippen LogP contribution in [0.5, 0.6) is 5.75 Å². The van der Waals surface area contributed by atoms with Crippen LogP contribution in [0.3, 0.4) is 0 Å². The predicted octanol–water partition coefficient (Wildman–Crippen LogP) is 1.80. The van der Waals surface area contributed by atoms with Gasteiger partial charge in [-0.2, -0.15) is 5.10 Å². The molecule has 0 atom stereocenters. The van der Waals surface area contributed by atoms with Gasteiger partial charge in [-0.1, -0.05) is 0 Å². The van der Waals surface area contributed by atoms with Crippen molar-refractivity contribution in [2.75, 3.05) is 7.11 Å². The summed E-state index contributed by atoms with van der Waals surface area (Å²) in [6.45, 7) is 0. The lowest BCUT2D eigenvalue weighted by molar-refractivity contribution is 0.103. The maximum atomic E-state index is 13.4. The number of ketones is 1. The number of benzene rings is 1. The number of carbonyl (C=O) groups excluding carboxylic acids is 1. The van der Waals surface area contributed by atoms with Crippen LogP contribution in [0.15, 0.2) is 30.5 Å². The Kier molecular flexibility index (Phi) is 2.91. The second kappa shape index (κ2) is 4.37. The molecule has 0 N–H and O–H groups in total. The van der Waals surface area contributed by atoms with E-state index in [2.05, 4.69) is 5.10 Å². The Balaban J connectivity index is 2.35. The van der Waals surface area contributed by atoms with Crippen LogP contribution in [0.1, 0.15) is 16.1 Å². The van der Waals surface area contributed by atoms with Gasteiger partial charge in [0, 0.05) is 18.8 Å². The van der Waals surface area contributed by atoms with Gasteiger partial charge in [-0.3, -0.25) is 9.48 Å². The summed E-state index contributed by atoms with van der Waals surface area (Å²) in [5.74, 6) is -0.760. The summed E-state index contributed by atoms with van der Waals surface area (Å²) in [7, 11) is 3.09. The second-order valence-electron chi connectivity index (χ2n) is 3.55. The monoisotopic (exact) mass is 234 g/mol. The number of rotatable bonds is 3. The lowest BCUT2D eigenvalue weighted by Gasteiger charge is -2.03. The van der Waals surface area contributed by atoms with Crippen LogP contribution in [0.4, 0.5) is 4.39 Å². The van der Waals surface area contributed by atoms with Crippen molar-refractivity contribution >= 4 is 5.78 Å². The number of hydrogen-bond donors (Lipinski definition) is 0. The Morgan fingerprint density at radius 1 is 1.41 bits per heavy atom. The lowest BCUT2D eigenvalue weighted by atomic mass is 10.1. The molecule has 1 heterocycles. The Hall–Kier alpha value is -2.17. The molecule has 0 aliphatic carbocycles. The van der Waals surface area contributed by atoms with Crippen LogP contribution in [0.2, 0.25) is 0 Å². The Bertz CT molecular complexity index is 563. The maximum Gasteiger partial charge on any atom is 0.213 e. The third-order valence-electron chi connectivity index (χ3n) is 2.36. The zero-order valence-electron chi connectivity index (χ0n) is 9.48. The number of ether oxygens (including phenoxy) is 1. The summed E-state index contributed by atoms with van der Waals surface area (Å²) in [5.41, 5.74) is 0.541. The number of hydrogen-bond acceptors (Lipinski definition) is 3. The first-order valence-corrected chi connectivity index (χ1v) is 4.99. The molecule has 1 aromatic heterocycles. The fraction of sp³-hybridized carbons (Fsp3) is 0.167. The number of halogens is 1. The van der Waals surface area contributed by atoms with Gasteiger partial charge in [0.1, 0.15) is 5.69 Å². The quantitative estimate of drug-likeness (QED) is 0.760. The minimum absolute atomic E-state index is 0.113. The third kappa shape index (κ3) is 2.18. The van der Waals surface area contributed by atoms with E-state index in [1.165, 1.54) is 23.9 Å². The van der Waals surface area contributed by atoms with Crippen LogP contribution >= 0.6 is 0 Å². The van der Waals surface area contributed by atoms with Crippen molar-refractivity contribution in [1.29, 1.82) is 0 Å². The molecule has 4 nitrogen and oxygen atoms in total. The van der Waals surface area contributed by atoms with Crippen LogP contribution in [0, 0.1) is 5.82 Å². The van der Waals surface area contributed by atoms with Crippen molar-refractivity contribution in [1.82, 2.24) is 9.78 Å². The standard InChI is InChI=1S/C12H11FN2O2/c1-15-6-5-10(14-15)12(16)8-3-4-11(17-2)9(13)7-8/h3-7H,1-2H3. The van der Waals surface area contributed by atoms with Gasteiger partial charge in [-0.05, 0) is 24.3 Å². The van der Waals surface area contributed by atoms with Crippen molar-refractivity contribution in [2.45, 2.75) is 0 Å². The Morgan fingerprint density at radius 2 is 2.18 bits per heavy atom. The number of carbonyl (C=O) groups is 1. The first-order valence-electron chi connectivity index (χ1n) is 4.99. The topological polar surface area (TPSA) is 44.1 Å². The molecule has 0 saturated carbocycles. The minimum atomic E-state index is -0.561. The SMILES string of the molecule is COc1ccc(C(=O)c2ccn(C)n2)cc1F. The van der Waals surface area contributed by atoms with E-state index in [9.17, 15) is 9.18 Å². The highest BCUT2D eigenvalue weighted by atomic mass is 19.1. The summed E-state index contributed by atoms with van der Waals surface area (Å²) in [6, 6.07) is 5.67. The molecule has 0 unspecified atom stereocenters. The highest BCUT2D eigenvalue weighted by Gasteiger charge is 2.14. The van der Waals surface area contributed by atoms with Gasteiger partial charge in [-0.15, -0.1) is 0 Å². The first kappa shape index (κ1) is 11.3. The zero-order valence-corrected chi connectivity index (χ0v) is 9.48. The summed E-state index contributed by atoms with van der Waals surface area (Å²) in [4.78, 5) is 11.9. The molecule has 0 spiro atoms. The molecule has 2 rings (SSSR count). The molecular formula is C12H11FN2O2. The first-order chi connectivity index (χ1) is 8.11. The zero-order chi connectivity index (χ0) is 12.4. The number of nitrogens with zero attached hydrogens (tertiary/aromatic N) is 2. The molecule has 0 radical (unpaired) electrons. The molecule has 0 fully saturated rings. The average molecular weight is 234 g/mol. The highest BCUT2D eigenvalue weighted by molar-refractivity contribution is 6.07. The van der Waals surface area contributed by atoms with Crippen LogP contribution in [-0.2, 0) is 7.05 Å². The molecule has 0 bridgehead atoms. The lowest BCUT2D eigenvalue weighted by Crippen LogP contribution is -2.04. The molecular weight excluding hydrogens is 223 g/mol. The Labute approximate surface area is 97.6 Å². The molecule has 17 heavy (non-hydrogen) atoms. The minimum Gasteiger partial charge on any atom is -0.494 e. The summed E-state index contributed by atoms with van der Waals surface area (Å²) >= 11 is 0. The van der Waals surface area contributed by atoms with Gasteiger partial charge in [-0.25, -0.2) is 4.39 Å². The second-order valence-corrected chi connectivity index (χ2v) is 3.55. The average Bonchev–Trinajstić information content (AvgIpc) is 2.75. The summed E-state index contributed by atoms with van der Waals surface area (Å²) in [5, 5.41) is 3.97. The molecule has 5 heteroatoms. The van der Waals surface area contributed by atoms with E-state index in [0.29, 0.717) is 0 Å². The van der Waals surface area contributed by atoms with E-state index in [0.717, 1.165) is 6.07 Å². The molecule has 1 aromatic carbocycles. The van der Waals surface area contributed by atoms with Gasteiger partial charge >= 0.3 is 0 Å². The van der Waals surface area contributed by atoms with Crippen molar-refractivity contribution < 1.29 is 13.9 Å². The van der Waals surface area contributed by atoms with E-state index in [1.807, 2.05) is 0 Å². The van der Waals surface area contributed by atoms with Crippen LogP contribution in [0.25, 0.3) is 0 Å². The molecule has 0 aliphatic rings. The number of methoxy groups -OCH3 is 1. The van der Waals surface area contributed by atoms with E-state index >= 15 is 0 Å². The van der Waals surface area contributed by atoms with E-state index in [4.69, 9.17) is 4.74 Å². The summed E-state index contributed by atoms with van der Waals surface area (Å²) < 4.78 is 19.7. The normalized spacial score (nSPS) is 10.3. The van der Waals surface area contributed by atoms with Gasteiger partial charge in [0.05, 0.1) is 7.11 Å². The number of aryl methyl sites for hydroxylation is 1. The molecule has 0 amide bonds. The fourth-order valence-corrected chi connectivity index (χ4v) is 1.49.